The molecule has 0 aliphatic heterocycles. The summed E-state index contributed by atoms with van der Waals surface area (Å²) in [5.74, 6) is -0.143. The molecule has 1 aromatic rings. The lowest BCUT2D eigenvalue weighted by molar-refractivity contribution is -0.120. The molecule has 1 aliphatic rings. The monoisotopic (exact) mass is 233 g/mol. The van der Waals surface area contributed by atoms with Gasteiger partial charge in [0.15, 0.2) is 0 Å². The zero-order chi connectivity index (χ0) is 12.1. The van der Waals surface area contributed by atoms with Gasteiger partial charge in [-0.1, -0.05) is 18.2 Å². The van der Waals surface area contributed by atoms with Gasteiger partial charge in [-0.25, -0.2) is 4.79 Å². The third-order valence-corrected chi connectivity index (χ3v) is 2.38. The van der Waals surface area contributed by atoms with Crippen molar-refractivity contribution >= 4 is 17.6 Å². The second kappa shape index (κ2) is 5.34. The van der Waals surface area contributed by atoms with E-state index in [1.807, 2.05) is 18.2 Å². The predicted octanol–water partition coefficient (Wildman–Crippen LogP) is 1.09. The van der Waals surface area contributed by atoms with Gasteiger partial charge in [0.05, 0.1) is 6.54 Å². The summed E-state index contributed by atoms with van der Waals surface area (Å²) in [4.78, 5) is 22.7. The van der Waals surface area contributed by atoms with E-state index in [2.05, 4.69) is 16.0 Å². The lowest BCUT2D eigenvalue weighted by Gasteiger charge is -2.07. The molecule has 0 bridgehead atoms. The van der Waals surface area contributed by atoms with E-state index in [1.165, 1.54) is 0 Å². The third kappa shape index (κ3) is 4.14. The normalized spacial score (nSPS) is 13.9. The number of rotatable bonds is 4. The number of hydrogen-bond acceptors (Lipinski definition) is 2. The van der Waals surface area contributed by atoms with Gasteiger partial charge in [-0.05, 0) is 25.0 Å². The predicted molar refractivity (Wildman–Crippen MR) is 64.6 cm³/mol. The molecule has 1 aliphatic carbocycles. The summed E-state index contributed by atoms with van der Waals surface area (Å²) in [6.07, 6.45) is 2.09. The Bertz CT molecular complexity index is 401. The Labute approximate surface area is 99.6 Å². The minimum Gasteiger partial charge on any atom is -0.352 e. The van der Waals surface area contributed by atoms with E-state index in [1.54, 1.807) is 12.1 Å². The van der Waals surface area contributed by atoms with E-state index in [4.69, 9.17) is 0 Å². The van der Waals surface area contributed by atoms with Crippen molar-refractivity contribution in [3.63, 3.8) is 0 Å². The van der Waals surface area contributed by atoms with Crippen LogP contribution in [0.1, 0.15) is 12.8 Å². The molecule has 5 nitrogen and oxygen atoms in total. The van der Waals surface area contributed by atoms with Gasteiger partial charge in [-0.3, -0.25) is 4.79 Å². The Kier molecular flexibility index (Phi) is 3.59. The van der Waals surface area contributed by atoms with Crippen LogP contribution in [0.2, 0.25) is 0 Å². The van der Waals surface area contributed by atoms with Crippen molar-refractivity contribution in [3.8, 4) is 0 Å². The summed E-state index contributed by atoms with van der Waals surface area (Å²) >= 11 is 0. The summed E-state index contributed by atoms with van der Waals surface area (Å²) < 4.78 is 0. The van der Waals surface area contributed by atoms with E-state index in [0.717, 1.165) is 12.8 Å². The second-order valence-electron chi connectivity index (χ2n) is 4.02. The highest BCUT2D eigenvalue weighted by molar-refractivity contribution is 5.92. The van der Waals surface area contributed by atoms with Crippen molar-refractivity contribution < 1.29 is 9.59 Å². The Balaban J connectivity index is 1.68. The van der Waals surface area contributed by atoms with Crippen molar-refractivity contribution in [1.29, 1.82) is 0 Å². The number of benzene rings is 1. The molecule has 0 radical (unpaired) electrons. The standard InChI is InChI=1S/C12H15N3O2/c16-11(14-10-6-7-10)8-13-12(17)15-9-4-2-1-3-5-9/h1-5,10H,6-8H2,(H,14,16)(H2,13,15,17). The average Bonchev–Trinajstić information content (AvgIpc) is 3.12. The molecule has 2 rings (SSSR count). The van der Waals surface area contributed by atoms with Gasteiger partial charge in [-0.15, -0.1) is 0 Å². The van der Waals surface area contributed by atoms with Crippen LogP contribution in [0.25, 0.3) is 0 Å². The molecule has 1 saturated carbocycles. The van der Waals surface area contributed by atoms with Gasteiger partial charge in [0.25, 0.3) is 0 Å². The topological polar surface area (TPSA) is 70.2 Å². The van der Waals surface area contributed by atoms with E-state index in [-0.39, 0.29) is 18.5 Å². The first kappa shape index (κ1) is 11.4. The molecular formula is C12H15N3O2. The molecule has 0 heterocycles. The number of carbonyl (C=O) groups is 2. The first-order chi connectivity index (χ1) is 8.24. The van der Waals surface area contributed by atoms with Crippen molar-refractivity contribution in [3.05, 3.63) is 30.3 Å². The zero-order valence-electron chi connectivity index (χ0n) is 9.40. The van der Waals surface area contributed by atoms with Gasteiger partial charge in [0, 0.05) is 11.7 Å². The van der Waals surface area contributed by atoms with Crippen LogP contribution in [0.5, 0.6) is 0 Å². The van der Waals surface area contributed by atoms with E-state index in [0.29, 0.717) is 11.7 Å². The minimum absolute atomic E-state index is 0.00909. The fourth-order valence-corrected chi connectivity index (χ4v) is 1.36. The highest BCUT2D eigenvalue weighted by atomic mass is 16.2. The largest absolute Gasteiger partial charge is 0.352 e. The van der Waals surface area contributed by atoms with Gasteiger partial charge in [-0.2, -0.15) is 0 Å². The molecule has 0 atom stereocenters. The summed E-state index contributed by atoms with van der Waals surface area (Å²) in [5.41, 5.74) is 0.701. The number of nitrogens with one attached hydrogen (secondary N) is 3. The maximum absolute atomic E-state index is 11.4. The van der Waals surface area contributed by atoms with Gasteiger partial charge < -0.3 is 16.0 Å². The Hall–Kier alpha value is -2.04. The number of amides is 3. The summed E-state index contributed by atoms with van der Waals surface area (Å²) in [6.45, 7) is 0.00909. The maximum Gasteiger partial charge on any atom is 0.319 e. The second-order valence-corrected chi connectivity index (χ2v) is 4.02. The van der Waals surface area contributed by atoms with E-state index in [9.17, 15) is 9.59 Å². The fraction of sp³-hybridized carbons (Fsp3) is 0.333. The van der Waals surface area contributed by atoms with Crippen LogP contribution in [-0.4, -0.2) is 24.5 Å². The molecule has 0 unspecified atom stereocenters. The van der Waals surface area contributed by atoms with Crippen molar-refractivity contribution in [2.24, 2.45) is 0 Å². The molecule has 0 saturated heterocycles. The van der Waals surface area contributed by atoms with Crippen LogP contribution in [0.15, 0.2) is 30.3 Å². The van der Waals surface area contributed by atoms with Crippen LogP contribution < -0.4 is 16.0 Å². The van der Waals surface area contributed by atoms with Gasteiger partial charge in [0.1, 0.15) is 0 Å². The third-order valence-electron chi connectivity index (χ3n) is 2.38. The van der Waals surface area contributed by atoms with Gasteiger partial charge >= 0.3 is 6.03 Å². The zero-order valence-corrected chi connectivity index (χ0v) is 9.40. The quantitative estimate of drug-likeness (QED) is 0.728. The SMILES string of the molecule is O=C(CNC(=O)Nc1ccccc1)NC1CC1. The van der Waals surface area contributed by atoms with Crippen LogP contribution >= 0.6 is 0 Å². The molecule has 90 valence electrons. The minimum atomic E-state index is -0.373. The fourth-order valence-electron chi connectivity index (χ4n) is 1.36. The summed E-state index contributed by atoms with van der Waals surface area (Å²) in [7, 11) is 0. The average molecular weight is 233 g/mol. The number of anilines is 1. The Morgan fingerprint density at radius 2 is 1.88 bits per heavy atom. The summed E-state index contributed by atoms with van der Waals surface area (Å²) in [5, 5.41) is 7.93. The summed E-state index contributed by atoms with van der Waals surface area (Å²) in [6, 6.07) is 9.04. The molecular weight excluding hydrogens is 218 g/mol. The van der Waals surface area contributed by atoms with E-state index >= 15 is 0 Å². The first-order valence-electron chi connectivity index (χ1n) is 5.63. The molecule has 0 aromatic heterocycles. The first-order valence-corrected chi connectivity index (χ1v) is 5.63. The molecule has 3 amide bonds. The van der Waals surface area contributed by atoms with E-state index < -0.39 is 0 Å². The highest BCUT2D eigenvalue weighted by Gasteiger charge is 2.23. The number of para-hydroxylation sites is 1. The highest BCUT2D eigenvalue weighted by Crippen LogP contribution is 2.18. The Morgan fingerprint density at radius 1 is 1.18 bits per heavy atom. The maximum atomic E-state index is 11.4. The van der Waals surface area contributed by atoms with Crippen LogP contribution in [0.3, 0.4) is 0 Å². The number of carbonyl (C=O) groups excluding carboxylic acids is 2. The molecule has 3 N–H and O–H groups in total. The smallest absolute Gasteiger partial charge is 0.319 e. The van der Waals surface area contributed by atoms with Crippen molar-refractivity contribution in [1.82, 2.24) is 10.6 Å². The van der Waals surface area contributed by atoms with Crippen LogP contribution in [0.4, 0.5) is 10.5 Å². The number of urea groups is 1. The van der Waals surface area contributed by atoms with Gasteiger partial charge in [0.2, 0.25) is 5.91 Å². The molecule has 1 fully saturated rings. The molecule has 0 spiro atoms. The lowest BCUT2D eigenvalue weighted by atomic mass is 10.3. The molecule has 1 aromatic carbocycles. The Morgan fingerprint density at radius 3 is 2.53 bits per heavy atom. The molecule has 17 heavy (non-hydrogen) atoms. The van der Waals surface area contributed by atoms with Crippen LogP contribution in [-0.2, 0) is 4.79 Å². The van der Waals surface area contributed by atoms with Crippen molar-refractivity contribution in [2.75, 3.05) is 11.9 Å². The number of hydrogen-bond donors (Lipinski definition) is 3. The lowest BCUT2D eigenvalue weighted by Crippen LogP contribution is -2.39. The van der Waals surface area contributed by atoms with Crippen molar-refractivity contribution in [2.45, 2.75) is 18.9 Å². The molecule has 5 heteroatoms. The van der Waals surface area contributed by atoms with Crippen LogP contribution in [0, 0.1) is 0 Å².